The van der Waals surface area contributed by atoms with E-state index in [0.717, 1.165) is 29.3 Å². The fraction of sp³-hybridized carbons (Fsp3) is 0.542. The molecule has 2 saturated carbocycles. The lowest BCUT2D eigenvalue weighted by molar-refractivity contribution is -0.276. The number of aryl methyl sites for hydroxylation is 2. The van der Waals surface area contributed by atoms with E-state index < -0.39 is 30.2 Å². The number of nitrogens with zero attached hydrogens (tertiary/aromatic N) is 5. The Bertz CT molecular complexity index is 1450. The van der Waals surface area contributed by atoms with Crippen LogP contribution in [0.1, 0.15) is 52.5 Å². The van der Waals surface area contributed by atoms with Gasteiger partial charge in [0.2, 0.25) is 17.7 Å². The van der Waals surface area contributed by atoms with Crippen LogP contribution >= 0.6 is 11.3 Å². The molecule has 3 aromatic heterocycles. The minimum absolute atomic E-state index is 0.184. The Morgan fingerprint density at radius 2 is 2.02 bits per heavy atom. The van der Waals surface area contributed by atoms with Crippen molar-refractivity contribution in [3.05, 3.63) is 28.4 Å². The number of thiophene rings is 1. The van der Waals surface area contributed by atoms with E-state index in [0.29, 0.717) is 42.3 Å². The number of halogens is 4. The Labute approximate surface area is 229 Å². The first-order valence-corrected chi connectivity index (χ1v) is 13.7. The smallest absolute Gasteiger partial charge is 0.386 e. The van der Waals surface area contributed by atoms with Gasteiger partial charge in [-0.25, -0.2) is 9.07 Å². The van der Waals surface area contributed by atoms with E-state index >= 15 is 0 Å². The Balaban J connectivity index is 1.24. The number of alkyl halides is 4. The summed E-state index contributed by atoms with van der Waals surface area (Å²) in [6.45, 7) is 0.555. The van der Waals surface area contributed by atoms with Crippen molar-refractivity contribution >= 4 is 39.9 Å². The standard InChI is InChI=1S/C24H26F4N8O3S/c1-35-17(8-18(34-35)39-24(26,27)28)31-23-33-30-10-36(23)12-4-5-16-14(6-12)19(21(38)29-9-11-2-3-11)22(40-16)32-20(37)13-7-15(13)25/h8,10-13,15H,2-7,9H2,1H3,(H,29,38)(H,31,33)(H,32,37)/t12?,13-,15+/m0/s1. The van der Waals surface area contributed by atoms with E-state index in [4.69, 9.17) is 0 Å². The molecule has 0 aliphatic heterocycles. The van der Waals surface area contributed by atoms with Crippen LogP contribution in [-0.2, 0) is 24.7 Å². The Morgan fingerprint density at radius 3 is 2.73 bits per heavy atom. The topological polar surface area (TPSA) is 128 Å². The molecule has 6 rings (SSSR count). The molecule has 0 aromatic carbocycles. The van der Waals surface area contributed by atoms with Crippen LogP contribution in [0.3, 0.4) is 0 Å². The monoisotopic (exact) mass is 582 g/mol. The van der Waals surface area contributed by atoms with Crippen molar-refractivity contribution in [3.63, 3.8) is 0 Å². The van der Waals surface area contributed by atoms with Gasteiger partial charge in [0.05, 0.1) is 11.5 Å². The van der Waals surface area contributed by atoms with Crippen LogP contribution in [0.4, 0.5) is 34.3 Å². The number of fused-ring (bicyclic) bond motifs is 1. The average molecular weight is 583 g/mol. The second kappa shape index (κ2) is 10.1. The summed E-state index contributed by atoms with van der Waals surface area (Å²) < 4.78 is 58.2. The van der Waals surface area contributed by atoms with E-state index in [1.807, 2.05) is 0 Å². The summed E-state index contributed by atoms with van der Waals surface area (Å²) in [7, 11) is 1.46. The van der Waals surface area contributed by atoms with Crippen molar-refractivity contribution in [1.29, 1.82) is 0 Å². The van der Waals surface area contributed by atoms with Crippen molar-refractivity contribution in [3.8, 4) is 5.88 Å². The third-order valence-corrected chi connectivity index (χ3v) is 8.49. The van der Waals surface area contributed by atoms with Crippen LogP contribution in [0.15, 0.2) is 12.4 Å². The Kier molecular flexibility index (Phi) is 6.67. The molecule has 3 aliphatic rings. The van der Waals surface area contributed by atoms with Gasteiger partial charge in [0, 0.05) is 30.6 Å². The minimum Gasteiger partial charge on any atom is -0.386 e. The molecule has 2 amide bonds. The molecule has 16 heteroatoms. The molecule has 0 bridgehead atoms. The maximum absolute atomic E-state index is 13.5. The first kappa shape index (κ1) is 26.5. The van der Waals surface area contributed by atoms with Crippen molar-refractivity contribution in [2.45, 2.75) is 57.1 Å². The largest absolute Gasteiger partial charge is 0.574 e. The van der Waals surface area contributed by atoms with Gasteiger partial charge >= 0.3 is 6.36 Å². The molecule has 11 nitrogen and oxygen atoms in total. The summed E-state index contributed by atoms with van der Waals surface area (Å²) in [5.41, 5.74) is 1.21. The molecular formula is C24H26F4N8O3S. The third kappa shape index (κ3) is 5.62. The SMILES string of the molecule is Cn1nc(OC(F)(F)F)cc1Nc1nncn1C1CCc2sc(NC(=O)[C@H]3C[C@H]3F)c(C(=O)NCC3CC3)c2C1. The molecule has 3 atom stereocenters. The van der Waals surface area contributed by atoms with E-state index in [2.05, 4.69) is 36.0 Å². The highest BCUT2D eigenvalue weighted by Gasteiger charge is 2.44. The van der Waals surface area contributed by atoms with Gasteiger partial charge < -0.3 is 20.7 Å². The van der Waals surface area contributed by atoms with Crippen molar-refractivity contribution in [2.75, 3.05) is 17.2 Å². The normalized spacial score (nSPS) is 22.0. The molecule has 3 N–H and O–H groups in total. The summed E-state index contributed by atoms with van der Waals surface area (Å²) in [5.74, 6) is -1.06. The van der Waals surface area contributed by atoms with Crippen LogP contribution in [-0.4, -0.2) is 55.4 Å². The number of hydrogen-bond acceptors (Lipinski definition) is 8. The van der Waals surface area contributed by atoms with Gasteiger partial charge in [0.1, 0.15) is 23.3 Å². The van der Waals surface area contributed by atoms with Gasteiger partial charge in [-0.2, -0.15) is 0 Å². The predicted octanol–water partition coefficient (Wildman–Crippen LogP) is 3.88. The fourth-order valence-corrected chi connectivity index (χ4v) is 6.10. The van der Waals surface area contributed by atoms with Crippen molar-refractivity contribution < 1.29 is 31.9 Å². The highest BCUT2D eigenvalue weighted by atomic mass is 32.1. The average Bonchev–Trinajstić information content (AvgIpc) is 3.73. The summed E-state index contributed by atoms with van der Waals surface area (Å²) in [4.78, 5) is 26.8. The maximum atomic E-state index is 13.5. The van der Waals surface area contributed by atoms with Gasteiger partial charge in [-0.1, -0.05) is 0 Å². The third-order valence-electron chi connectivity index (χ3n) is 7.28. The quantitative estimate of drug-likeness (QED) is 0.327. The van der Waals surface area contributed by atoms with Crippen LogP contribution in [0.2, 0.25) is 0 Å². The van der Waals surface area contributed by atoms with E-state index in [9.17, 15) is 27.2 Å². The van der Waals surface area contributed by atoms with E-state index in [-0.39, 0.29) is 30.1 Å². The molecule has 40 heavy (non-hydrogen) atoms. The number of hydrogen-bond donors (Lipinski definition) is 3. The molecule has 0 spiro atoms. The van der Waals surface area contributed by atoms with E-state index in [1.54, 1.807) is 4.57 Å². The number of rotatable bonds is 9. The number of anilines is 3. The molecule has 1 unspecified atom stereocenters. The molecule has 3 aliphatic carbocycles. The fourth-order valence-electron chi connectivity index (χ4n) is 4.86. The molecular weight excluding hydrogens is 556 g/mol. The molecule has 3 heterocycles. The lowest BCUT2D eigenvalue weighted by atomic mass is 9.91. The Morgan fingerprint density at radius 1 is 1.25 bits per heavy atom. The predicted molar refractivity (Wildman–Crippen MR) is 135 cm³/mol. The van der Waals surface area contributed by atoms with Crippen molar-refractivity contribution in [2.24, 2.45) is 18.9 Å². The molecule has 214 valence electrons. The van der Waals surface area contributed by atoms with E-state index in [1.165, 1.54) is 29.4 Å². The summed E-state index contributed by atoms with van der Waals surface area (Å²) in [5, 5.41) is 20.9. The molecule has 2 fully saturated rings. The van der Waals surface area contributed by atoms with Gasteiger partial charge in [-0.3, -0.25) is 14.2 Å². The number of carbonyl (C=O) groups is 2. The lowest BCUT2D eigenvalue weighted by Crippen LogP contribution is -2.29. The van der Waals surface area contributed by atoms with Gasteiger partial charge in [0.15, 0.2) is 0 Å². The minimum atomic E-state index is -4.88. The number of ether oxygens (including phenoxy) is 1. The highest BCUT2D eigenvalue weighted by molar-refractivity contribution is 7.17. The molecule has 3 aromatic rings. The first-order valence-electron chi connectivity index (χ1n) is 12.9. The maximum Gasteiger partial charge on any atom is 0.574 e. The number of amides is 2. The lowest BCUT2D eigenvalue weighted by Gasteiger charge is -2.25. The summed E-state index contributed by atoms with van der Waals surface area (Å²) in [6, 6.07) is 0.916. The Hall–Kier alpha value is -3.69. The number of aromatic nitrogens is 5. The van der Waals surface area contributed by atoms with Crippen LogP contribution < -0.4 is 20.7 Å². The van der Waals surface area contributed by atoms with Crippen LogP contribution in [0, 0.1) is 11.8 Å². The summed E-state index contributed by atoms with van der Waals surface area (Å²) in [6.07, 6.45) is -0.479. The van der Waals surface area contributed by atoms with Crippen LogP contribution in [0.5, 0.6) is 5.88 Å². The zero-order valence-electron chi connectivity index (χ0n) is 21.3. The van der Waals surface area contributed by atoms with Gasteiger partial charge in [-0.15, -0.1) is 39.8 Å². The number of carbonyl (C=O) groups excluding carboxylic acids is 2. The molecule has 0 radical (unpaired) electrons. The zero-order valence-corrected chi connectivity index (χ0v) is 22.1. The highest BCUT2D eigenvalue weighted by Crippen LogP contribution is 2.43. The summed E-state index contributed by atoms with van der Waals surface area (Å²) >= 11 is 1.34. The van der Waals surface area contributed by atoms with Gasteiger partial charge in [0.25, 0.3) is 5.91 Å². The second-order valence-corrected chi connectivity index (χ2v) is 11.4. The number of nitrogens with one attached hydrogen (secondary N) is 3. The zero-order chi connectivity index (χ0) is 28.2. The van der Waals surface area contributed by atoms with Crippen LogP contribution in [0.25, 0.3) is 0 Å². The van der Waals surface area contributed by atoms with Crippen molar-refractivity contribution in [1.82, 2.24) is 29.9 Å². The molecule has 0 saturated heterocycles. The first-order chi connectivity index (χ1) is 19.1. The van der Waals surface area contributed by atoms with Gasteiger partial charge in [-0.05, 0) is 50.0 Å². The second-order valence-electron chi connectivity index (χ2n) is 10.3.